The quantitative estimate of drug-likeness (QED) is 0.0796. The van der Waals surface area contributed by atoms with Gasteiger partial charge in [-0.2, -0.15) is 5.01 Å². The fourth-order valence-electron chi connectivity index (χ4n) is 3.90. The van der Waals surface area contributed by atoms with Crippen LogP contribution >= 0.6 is 86.9 Å². The first-order chi connectivity index (χ1) is 18.0. The van der Waals surface area contributed by atoms with Crippen LogP contribution in [-0.2, 0) is 0 Å². The minimum Gasteiger partial charge on any atom is -0.292 e. The first-order valence-corrected chi connectivity index (χ1v) is 14.8. The van der Waals surface area contributed by atoms with Gasteiger partial charge in [0.05, 0.1) is 11.1 Å². The highest BCUT2D eigenvalue weighted by atomic mass is 79.9. The van der Waals surface area contributed by atoms with Crippen molar-refractivity contribution in [3.8, 4) is 0 Å². The Balaban J connectivity index is 1.92. The molecule has 0 saturated carbocycles. The summed E-state index contributed by atoms with van der Waals surface area (Å²) in [5, 5.41) is 1.83. The number of benzene rings is 3. The van der Waals surface area contributed by atoms with E-state index in [1.54, 1.807) is 0 Å². The maximum absolute atomic E-state index is 13.9. The van der Waals surface area contributed by atoms with Crippen molar-refractivity contribution in [3.05, 3.63) is 99.5 Å². The number of ketones is 1. The summed E-state index contributed by atoms with van der Waals surface area (Å²) in [5.74, 6) is -3.76. The number of hydrogen-bond donors (Lipinski definition) is 0. The average molecular weight is 815 g/mol. The summed E-state index contributed by atoms with van der Waals surface area (Å²) in [4.78, 5) is 55.2. The number of halogens is 7. The topological polar surface area (TPSA) is 74.8 Å². The molecular formula is C25H13Br4Cl2FN2O4. The van der Waals surface area contributed by atoms with Gasteiger partial charge < -0.3 is 0 Å². The first-order valence-electron chi connectivity index (χ1n) is 10.7. The third-order valence-electron chi connectivity index (χ3n) is 5.70. The number of imide groups is 1. The molecule has 0 saturated heterocycles. The van der Waals surface area contributed by atoms with Gasteiger partial charge in [0.15, 0.2) is 5.78 Å². The maximum atomic E-state index is 13.9. The van der Waals surface area contributed by atoms with E-state index in [-0.39, 0.29) is 43.5 Å². The molecule has 0 unspecified atom stereocenters. The number of hydrazine groups is 1. The molecule has 0 radical (unpaired) electrons. The summed E-state index contributed by atoms with van der Waals surface area (Å²) < 4.78 is 15.0. The second kappa shape index (κ2) is 11.9. The lowest BCUT2D eigenvalue weighted by Gasteiger charge is -2.36. The van der Waals surface area contributed by atoms with Crippen molar-refractivity contribution < 1.29 is 23.6 Å². The van der Waals surface area contributed by atoms with Crippen LogP contribution < -0.4 is 0 Å². The summed E-state index contributed by atoms with van der Waals surface area (Å²) in [5.41, 5.74) is 0.118. The normalized spacial score (nSPS) is 13.5. The number of alkyl halides is 1. The molecule has 1 atom stereocenters. The van der Waals surface area contributed by atoms with Gasteiger partial charge in [-0.25, -0.2) is 9.40 Å². The molecule has 0 aliphatic carbocycles. The molecule has 13 heteroatoms. The van der Waals surface area contributed by atoms with Crippen molar-refractivity contribution in [2.45, 2.75) is 12.5 Å². The van der Waals surface area contributed by atoms with Crippen LogP contribution in [0.4, 0.5) is 4.39 Å². The Hall–Kier alpha value is -1.63. The molecule has 1 aliphatic rings. The van der Waals surface area contributed by atoms with Crippen molar-refractivity contribution in [3.63, 3.8) is 0 Å². The van der Waals surface area contributed by atoms with E-state index >= 15 is 0 Å². The molecule has 3 amide bonds. The molecule has 0 N–H and O–H groups in total. The Bertz CT molecular complexity index is 1440. The molecule has 1 heterocycles. The lowest BCUT2D eigenvalue weighted by molar-refractivity contribution is -0.00965. The summed E-state index contributed by atoms with van der Waals surface area (Å²) >= 11 is 25.5. The SMILES string of the molecule is O=C(c1ccc(F)cc1)[C@H](CCCl)N(C(=O)c1ccc(Cl)cc1)N1C(=O)c2c(Br)c(Br)c(Br)c(Br)c2C1=O. The number of rotatable bonds is 7. The Labute approximate surface area is 259 Å². The number of carbonyl (C=O) groups excluding carboxylic acids is 4. The highest BCUT2D eigenvalue weighted by Gasteiger charge is 2.48. The van der Waals surface area contributed by atoms with Gasteiger partial charge in [-0.3, -0.25) is 19.2 Å². The summed E-state index contributed by atoms with van der Waals surface area (Å²) in [6.07, 6.45) is -0.111. The number of hydrogen-bond acceptors (Lipinski definition) is 4. The minimum atomic E-state index is -1.38. The zero-order chi connectivity index (χ0) is 27.9. The van der Waals surface area contributed by atoms with Crippen LogP contribution in [0.3, 0.4) is 0 Å². The zero-order valence-corrected chi connectivity index (χ0v) is 26.6. The van der Waals surface area contributed by atoms with E-state index in [2.05, 4.69) is 63.7 Å². The molecule has 6 nitrogen and oxygen atoms in total. The lowest BCUT2D eigenvalue weighted by atomic mass is 10.0. The monoisotopic (exact) mass is 810 g/mol. The van der Waals surface area contributed by atoms with Crippen LogP contribution in [0.15, 0.2) is 66.4 Å². The second-order valence-electron chi connectivity index (χ2n) is 7.95. The number of carbonyl (C=O) groups is 4. The van der Waals surface area contributed by atoms with Gasteiger partial charge in [-0.15, -0.1) is 11.6 Å². The second-order valence-corrected chi connectivity index (χ2v) is 11.9. The summed E-state index contributed by atoms with van der Waals surface area (Å²) in [6, 6.07) is 9.09. The molecule has 1 aliphatic heterocycles. The predicted molar refractivity (Wildman–Crippen MR) is 155 cm³/mol. The molecule has 4 rings (SSSR count). The van der Waals surface area contributed by atoms with Crippen molar-refractivity contribution in [1.82, 2.24) is 10.0 Å². The van der Waals surface area contributed by atoms with Gasteiger partial charge in [-0.1, -0.05) is 11.6 Å². The van der Waals surface area contributed by atoms with Crippen LogP contribution in [-0.4, -0.2) is 45.4 Å². The molecule has 3 aromatic carbocycles. The molecule has 196 valence electrons. The molecule has 0 bridgehead atoms. The molecular weight excluding hydrogens is 802 g/mol. The fourth-order valence-corrected chi connectivity index (χ4v) is 6.69. The maximum Gasteiger partial charge on any atom is 0.282 e. The van der Waals surface area contributed by atoms with Gasteiger partial charge in [-0.05, 0) is 119 Å². The van der Waals surface area contributed by atoms with Crippen molar-refractivity contribution >= 4 is 110 Å². The van der Waals surface area contributed by atoms with Crippen LogP contribution in [0.25, 0.3) is 0 Å². The van der Waals surface area contributed by atoms with E-state index in [4.69, 9.17) is 23.2 Å². The van der Waals surface area contributed by atoms with Crippen LogP contribution in [0.5, 0.6) is 0 Å². The Morgan fingerprint density at radius 3 is 1.76 bits per heavy atom. The van der Waals surface area contributed by atoms with Crippen LogP contribution in [0.1, 0.15) is 47.9 Å². The van der Waals surface area contributed by atoms with Gasteiger partial charge in [0.1, 0.15) is 11.9 Å². The minimum absolute atomic E-state index is 0.00953. The summed E-state index contributed by atoms with van der Waals surface area (Å²) in [7, 11) is 0. The highest BCUT2D eigenvalue weighted by Crippen LogP contribution is 2.46. The number of Topliss-reactive ketones (excluding diaryl/α,β-unsaturated/α-hetero) is 1. The molecule has 38 heavy (non-hydrogen) atoms. The Kier molecular flexibility index (Phi) is 9.16. The van der Waals surface area contributed by atoms with Crippen LogP contribution in [0, 0.1) is 5.82 Å². The molecule has 0 spiro atoms. The molecule has 0 aromatic heterocycles. The zero-order valence-electron chi connectivity index (χ0n) is 18.8. The third kappa shape index (κ3) is 5.25. The molecule has 3 aromatic rings. The number of fused-ring (bicyclic) bond motifs is 1. The molecule has 0 fully saturated rings. The van der Waals surface area contributed by atoms with E-state index in [1.807, 2.05) is 0 Å². The van der Waals surface area contributed by atoms with Gasteiger partial charge >= 0.3 is 0 Å². The van der Waals surface area contributed by atoms with Gasteiger partial charge in [0.25, 0.3) is 17.7 Å². The fraction of sp³-hybridized carbons (Fsp3) is 0.120. The highest BCUT2D eigenvalue weighted by molar-refractivity contribution is 9.15. The number of nitrogens with zero attached hydrogens (tertiary/aromatic N) is 2. The van der Waals surface area contributed by atoms with E-state index in [0.29, 0.717) is 19.0 Å². The Morgan fingerprint density at radius 1 is 0.816 bits per heavy atom. The van der Waals surface area contributed by atoms with E-state index in [0.717, 1.165) is 17.1 Å². The number of amides is 3. The third-order valence-corrected chi connectivity index (χ3v) is 10.9. The van der Waals surface area contributed by atoms with E-state index < -0.39 is 35.4 Å². The van der Waals surface area contributed by atoms with Crippen LogP contribution in [0.2, 0.25) is 5.02 Å². The van der Waals surface area contributed by atoms with E-state index in [1.165, 1.54) is 36.4 Å². The lowest BCUT2D eigenvalue weighted by Crippen LogP contribution is -2.57. The van der Waals surface area contributed by atoms with Crippen molar-refractivity contribution in [2.24, 2.45) is 0 Å². The largest absolute Gasteiger partial charge is 0.292 e. The smallest absolute Gasteiger partial charge is 0.282 e. The standard InChI is InChI=1S/C25H13Br4Cl2FN2O4/c26-18-16-17(19(27)21(29)20(18)28)25(38)34(24(16)37)33(23(36)12-1-5-13(31)6-2-12)15(9-10-30)22(35)11-3-7-14(32)8-4-11/h1-8,15H,9-10H2/t15-/m0/s1. The average Bonchev–Trinajstić information content (AvgIpc) is 3.16. The van der Waals surface area contributed by atoms with Crippen molar-refractivity contribution in [1.29, 1.82) is 0 Å². The predicted octanol–water partition coefficient (Wildman–Crippen LogP) is 8.06. The van der Waals surface area contributed by atoms with Crippen molar-refractivity contribution in [2.75, 3.05) is 5.88 Å². The van der Waals surface area contributed by atoms with Gasteiger partial charge in [0, 0.05) is 39.9 Å². The first kappa shape index (κ1) is 29.4. The summed E-state index contributed by atoms with van der Waals surface area (Å²) in [6.45, 7) is 0. The van der Waals surface area contributed by atoms with Gasteiger partial charge in [0.2, 0.25) is 0 Å². The Morgan fingerprint density at radius 2 is 1.29 bits per heavy atom. The van der Waals surface area contributed by atoms with E-state index in [9.17, 15) is 23.6 Å².